The molecule has 0 bridgehead atoms. The number of aromatic nitrogens is 1. The molecule has 2 aromatic carbocycles. The largest absolute Gasteiger partial charge is 0.385 e. The molecule has 160 valence electrons. The van der Waals surface area contributed by atoms with Gasteiger partial charge in [-0.3, -0.25) is 15.1 Å². The maximum absolute atomic E-state index is 13.0. The van der Waals surface area contributed by atoms with Crippen LogP contribution in [0.1, 0.15) is 39.0 Å². The normalized spacial score (nSPS) is 10.5. The molecule has 1 amide bonds. The van der Waals surface area contributed by atoms with Crippen LogP contribution in [0.25, 0.3) is 0 Å². The number of nitrogens with one attached hydrogen (secondary N) is 2. The molecule has 3 aromatic rings. The molecule has 0 fully saturated rings. The molecule has 0 atom stereocenters. The third-order valence-corrected chi connectivity index (χ3v) is 5.36. The van der Waals surface area contributed by atoms with Crippen molar-refractivity contribution in [2.75, 3.05) is 23.8 Å². The molecule has 6 nitrogen and oxygen atoms in total. The van der Waals surface area contributed by atoms with Crippen LogP contribution < -0.4 is 16.0 Å². The summed E-state index contributed by atoms with van der Waals surface area (Å²) in [5, 5.41) is 10.8. The molecule has 1 aromatic heterocycles. The van der Waals surface area contributed by atoms with Gasteiger partial charge in [0, 0.05) is 36.6 Å². The summed E-state index contributed by atoms with van der Waals surface area (Å²) in [6.45, 7) is 4.87. The summed E-state index contributed by atoms with van der Waals surface area (Å²) in [4.78, 5) is 18.8. The van der Waals surface area contributed by atoms with E-state index >= 15 is 0 Å². The van der Waals surface area contributed by atoms with Gasteiger partial charge in [-0.15, -0.1) is 0 Å². The van der Waals surface area contributed by atoms with E-state index in [1.54, 1.807) is 18.1 Å². The minimum absolute atomic E-state index is 0.0541. The molecule has 31 heavy (non-hydrogen) atoms. The third kappa shape index (κ3) is 5.48. The van der Waals surface area contributed by atoms with E-state index in [4.69, 9.17) is 11.1 Å². The van der Waals surface area contributed by atoms with Gasteiger partial charge in [0.2, 0.25) is 0 Å². The van der Waals surface area contributed by atoms with Crippen LogP contribution in [0.3, 0.4) is 0 Å². The standard InChI is InChI=1S/C25H29N5O/c1-17-16-22(25(31)30(3)23-8-4-5-13-29-23)18(2)15-20(17)7-6-14-28-21-11-9-19(10-12-21)24(26)27/h4-5,8-13,15-16,28H,6-7,14H2,1-3H3,(H3,26,27). The fraction of sp³-hybridized carbons (Fsp3) is 0.240. The SMILES string of the molecule is Cc1cc(C(=O)N(C)c2ccccn2)c(C)cc1CCCNc1ccc(C(=N)N)cc1. The number of nitrogens with zero attached hydrogens (tertiary/aromatic N) is 2. The molecule has 6 heteroatoms. The molecule has 4 N–H and O–H groups in total. The summed E-state index contributed by atoms with van der Waals surface area (Å²) >= 11 is 0. The third-order valence-electron chi connectivity index (χ3n) is 5.36. The minimum Gasteiger partial charge on any atom is -0.385 e. The van der Waals surface area contributed by atoms with Crippen molar-refractivity contribution in [1.82, 2.24) is 4.98 Å². The molecule has 0 unspecified atom stereocenters. The fourth-order valence-corrected chi connectivity index (χ4v) is 3.49. The van der Waals surface area contributed by atoms with Crippen molar-refractivity contribution in [2.45, 2.75) is 26.7 Å². The maximum Gasteiger partial charge on any atom is 0.259 e. The molecule has 0 aliphatic heterocycles. The zero-order chi connectivity index (χ0) is 22.4. The summed E-state index contributed by atoms with van der Waals surface area (Å²) in [6.07, 6.45) is 3.58. The first-order valence-corrected chi connectivity index (χ1v) is 10.3. The van der Waals surface area contributed by atoms with Gasteiger partial charge in [0.25, 0.3) is 5.91 Å². The van der Waals surface area contributed by atoms with E-state index in [0.29, 0.717) is 11.4 Å². The van der Waals surface area contributed by atoms with E-state index in [1.807, 2.05) is 55.5 Å². The van der Waals surface area contributed by atoms with Gasteiger partial charge in [0.05, 0.1) is 0 Å². The number of hydrogen-bond donors (Lipinski definition) is 3. The highest BCUT2D eigenvalue weighted by Crippen LogP contribution is 2.21. The number of benzene rings is 2. The lowest BCUT2D eigenvalue weighted by atomic mass is 9.96. The van der Waals surface area contributed by atoms with Gasteiger partial charge in [-0.05, 0) is 85.8 Å². The van der Waals surface area contributed by atoms with Crippen LogP contribution in [0.15, 0.2) is 60.8 Å². The van der Waals surface area contributed by atoms with E-state index in [0.717, 1.165) is 41.8 Å². The van der Waals surface area contributed by atoms with Crippen LogP contribution in [0, 0.1) is 19.3 Å². The molecule has 0 spiro atoms. The summed E-state index contributed by atoms with van der Waals surface area (Å²) in [5.74, 6) is 0.656. The molecular weight excluding hydrogens is 386 g/mol. The summed E-state index contributed by atoms with van der Waals surface area (Å²) in [7, 11) is 1.75. The number of carbonyl (C=O) groups is 1. The number of nitrogens with two attached hydrogens (primary N) is 1. The average Bonchev–Trinajstić information content (AvgIpc) is 2.78. The second kappa shape index (κ2) is 9.89. The lowest BCUT2D eigenvalue weighted by molar-refractivity contribution is 0.0991. The van der Waals surface area contributed by atoms with E-state index in [2.05, 4.69) is 23.3 Å². The number of nitrogen functional groups attached to an aromatic ring is 1. The van der Waals surface area contributed by atoms with Gasteiger partial charge in [-0.1, -0.05) is 12.1 Å². The Morgan fingerprint density at radius 3 is 2.48 bits per heavy atom. The molecule has 0 aliphatic rings. The first kappa shape index (κ1) is 22.0. The summed E-state index contributed by atoms with van der Waals surface area (Å²) in [6, 6.07) is 17.2. The smallest absolute Gasteiger partial charge is 0.259 e. The Labute approximate surface area is 183 Å². The zero-order valence-corrected chi connectivity index (χ0v) is 18.3. The Balaban J connectivity index is 1.60. The molecule has 0 radical (unpaired) electrons. The van der Waals surface area contributed by atoms with Crippen LogP contribution >= 0.6 is 0 Å². The van der Waals surface area contributed by atoms with Crippen LogP contribution in [-0.2, 0) is 6.42 Å². The fourth-order valence-electron chi connectivity index (χ4n) is 3.49. The number of amides is 1. The Morgan fingerprint density at radius 2 is 1.84 bits per heavy atom. The van der Waals surface area contributed by atoms with E-state index in [9.17, 15) is 4.79 Å². The number of pyridine rings is 1. The van der Waals surface area contributed by atoms with Crippen molar-refractivity contribution >= 4 is 23.2 Å². The predicted octanol–water partition coefficient (Wildman–Crippen LogP) is 4.30. The van der Waals surface area contributed by atoms with Crippen LogP contribution in [0.5, 0.6) is 0 Å². The number of carbonyl (C=O) groups excluding carboxylic acids is 1. The van der Waals surface area contributed by atoms with Gasteiger partial charge in [0.15, 0.2) is 0 Å². The molecule has 0 aliphatic carbocycles. The van der Waals surface area contributed by atoms with Gasteiger partial charge >= 0.3 is 0 Å². The first-order valence-electron chi connectivity index (χ1n) is 10.3. The van der Waals surface area contributed by atoms with Crippen LogP contribution in [0.2, 0.25) is 0 Å². The maximum atomic E-state index is 13.0. The number of amidine groups is 1. The van der Waals surface area contributed by atoms with Crippen molar-refractivity contribution < 1.29 is 4.79 Å². The van der Waals surface area contributed by atoms with Crippen LogP contribution in [-0.4, -0.2) is 30.3 Å². The van der Waals surface area contributed by atoms with Crippen molar-refractivity contribution in [3.05, 3.63) is 88.6 Å². The number of rotatable bonds is 8. The average molecular weight is 416 g/mol. The highest BCUT2D eigenvalue weighted by molar-refractivity contribution is 6.06. The monoisotopic (exact) mass is 415 g/mol. The zero-order valence-electron chi connectivity index (χ0n) is 18.3. The Kier molecular flexibility index (Phi) is 7.03. The minimum atomic E-state index is -0.0541. The van der Waals surface area contributed by atoms with Crippen LogP contribution in [0.4, 0.5) is 11.5 Å². The molecule has 0 saturated carbocycles. The van der Waals surface area contributed by atoms with Gasteiger partial charge in [-0.2, -0.15) is 0 Å². The van der Waals surface area contributed by atoms with E-state index < -0.39 is 0 Å². The Morgan fingerprint density at radius 1 is 1.10 bits per heavy atom. The second-order valence-corrected chi connectivity index (χ2v) is 7.67. The van der Waals surface area contributed by atoms with Gasteiger partial charge < -0.3 is 11.1 Å². The Bertz CT molecular complexity index is 1060. The summed E-state index contributed by atoms with van der Waals surface area (Å²) < 4.78 is 0. The van der Waals surface area contributed by atoms with Gasteiger partial charge in [0.1, 0.15) is 11.7 Å². The lowest BCUT2D eigenvalue weighted by Gasteiger charge is -2.19. The van der Waals surface area contributed by atoms with E-state index in [-0.39, 0.29) is 11.7 Å². The Hall–Kier alpha value is -3.67. The highest BCUT2D eigenvalue weighted by atomic mass is 16.2. The second-order valence-electron chi connectivity index (χ2n) is 7.67. The van der Waals surface area contributed by atoms with Crippen molar-refractivity contribution in [3.8, 4) is 0 Å². The topological polar surface area (TPSA) is 95.1 Å². The quantitative estimate of drug-likeness (QED) is 0.290. The van der Waals surface area contributed by atoms with Crippen molar-refractivity contribution in [3.63, 3.8) is 0 Å². The predicted molar refractivity (Wildman–Crippen MR) is 127 cm³/mol. The van der Waals surface area contributed by atoms with E-state index in [1.165, 1.54) is 5.56 Å². The first-order chi connectivity index (χ1) is 14.9. The van der Waals surface area contributed by atoms with Crippen molar-refractivity contribution in [2.24, 2.45) is 5.73 Å². The summed E-state index contributed by atoms with van der Waals surface area (Å²) in [5.41, 5.74) is 11.3. The lowest BCUT2D eigenvalue weighted by Crippen LogP contribution is -2.27. The van der Waals surface area contributed by atoms with Gasteiger partial charge in [-0.25, -0.2) is 4.98 Å². The molecule has 1 heterocycles. The molecule has 3 rings (SSSR count). The highest BCUT2D eigenvalue weighted by Gasteiger charge is 2.17. The van der Waals surface area contributed by atoms with Crippen molar-refractivity contribution in [1.29, 1.82) is 5.41 Å². The number of anilines is 2. The molecule has 0 saturated heterocycles. The molecular formula is C25H29N5O. The number of hydrogen-bond acceptors (Lipinski definition) is 4. The number of aryl methyl sites for hydroxylation is 3.